The van der Waals surface area contributed by atoms with Gasteiger partial charge >= 0.3 is 6.18 Å². The van der Waals surface area contributed by atoms with E-state index >= 15 is 0 Å². The van der Waals surface area contributed by atoms with Gasteiger partial charge in [-0.05, 0) is 49.0 Å². The van der Waals surface area contributed by atoms with Crippen molar-refractivity contribution in [1.82, 2.24) is 4.90 Å². The number of fused-ring (bicyclic) bond motifs is 3. The minimum atomic E-state index is -4.40. The highest BCUT2D eigenvalue weighted by Gasteiger charge is 2.46. The van der Waals surface area contributed by atoms with Crippen molar-refractivity contribution < 1.29 is 13.2 Å². The van der Waals surface area contributed by atoms with Gasteiger partial charge in [0.2, 0.25) is 0 Å². The smallest absolute Gasteiger partial charge is 0.297 e. The highest BCUT2D eigenvalue weighted by molar-refractivity contribution is 5.82. The van der Waals surface area contributed by atoms with Crippen molar-refractivity contribution in [1.29, 1.82) is 0 Å². The first-order valence-electron chi connectivity index (χ1n) is 11.6. The monoisotopic (exact) mass is 448 g/mol. The molecular weight excluding hydrogens is 421 g/mol. The molecule has 0 amide bonds. The number of nitrogens with zero attached hydrogens (tertiary/aromatic N) is 2. The Morgan fingerprint density at radius 1 is 0.788 bits per heavy atom. The Kier molecular flexibility index (Phi) is 6.07. The molecule has 3 heterocycles. The van der Waals surface area contributed by atoms with Crippen LogP contribution in [0.3, 0.4) is 0 Å². The van der Waals surface area contributed by atoms with Crippen molar-refractivity contribution in [2.24, 2.45) is 10.9 Å². The second-order valence-corrected chi connectivity index (χ2v) is 9.02. The standard InChI is InChI=1S/C28H27F3N2/c29-28(30,31)24-14-8-7-13-23(24)19-32-26-22-15-17-33(18-16-22)27(26)25(20-9-3-1-4-10-20)21-11-5-2-6-12-21/h1-14,19,22,25-27H,15-18H2/t26-,27-/m1/s1. The number of halogens is 3. The average Bonchev–Trinajstić information content (AvgIpc) is 2.85. The summed E-state index contributed by atoms with van der Waals surface area (Å²) in [7, 11) is 0. The molecule has 3 saturated heterocycles. The van der Waals surface area contributed by atoms with Crippen LogP contribution in [-0.2, 0) is 6.18 Å². The van der Waals surface area contributed by atoms with Gasteiger partial charge in [0.05, 0.1) is 11.6 Å². The molecule has 170 valence electrons. The SMILES string of the molecule is FC(F)(F)c1ccccc1C=N[C@@H]1C2CCN(CC2)[C@@H]1C(c1ccccc1)c1ccccc1. The van der Waals surface area contributed by atoms with E-state index in [1.165, 1.54) is 29.5 Å². The first kappa shape index (κ1) is 21.9. The molecule has 5 heteroatoms. The van der Waals surface area contributed by atoms with Crippen LogP contribution in [0.25, 0.3) is 0 Å². The van der Waals surface area contributed by atoms with E-state index in [1.807, 2.05) is 12.1 Å². The average molecular weight is 449 g/mol. The van der Waals surface area contributed by atoms with Gasteiger partial charge in [0.25, 0.3) is 0 Å². The number of hydrogen-bond donors (Lipinski definition) is 0. The van der Waals surface area contributed by atoms with Crippen LogP contribution in [0.4, 0.5) is 13.2 Å². The van der Waals surface area contributed by atoms with Crippen molar-refractivity contribution in [3.63, 3.8) is 0 Å². The van der Waals surface area contributed by atoms with E-state index in [9.17, 15) is 13.2 Å². The summed E-state index contributed by atoms with van der Waals surface area (Å²) in [6, 6.07) is 26.6. The van der Waals surface area contributed by atoms with Gasteiger partial charge in [-0.25, -0.2) is 0 Å². The summed E-state index contributed by atoms with van der Waals surface area (Å²) in [4.78, 5) is 7.40. The largest absolute Gasteiger partial charge is 0.417 e. The molecule has 3 aromatic rings. The van der Waals surface area contributed by atoms with Gasteiger partial charge < -0.3 is 0 Å². The predicted molar refractivity (Wildman–Crippen MR) is 126 cm³/mol. The summed E-state index contributed by atoms with van der Waals surface area (Å²) in [5.74, 6) is 0.486. The minimum absolute atomic E-state index is 0.0563. The molecule has 0 N–H and O–H groups in total. The summed E-state index contributed by atoms with van der Waals surface area (Å²) in [5, 5.41) is 0. The lowest BCUT2D eigenvalue weighted by Crippen LogP contribution is -2.59. The van der Waals surface area contributed by atoms with E-state index in [-0.39, 0.29) is 23.6 Å². The van der Waals surface area contributed by atoms with Crippen molar-refractivity contribution >= 4 is 6.21 Å². The fourth-order valence-electron chi connectivity index (χ4n) is 5.61. The zero-order valence-electron chi connectivity index (χ0n) is 18.3. The van der Waals surface area contributed by atoms with Crippen LogP contribution in [0.1, 0.15) is 41.0 Å². The molecular formula is C28H27F3N2. The molecule has 3 aromatic carbocycles. The maximum absolute atomic E-state index is 13.5. The van der Waals surface area contributed by atoms with Crippen LogP contribution in [0, 0.1) is 5.92 Å². The van der Waals surface area contributed by atoms with E-state index in [1.54, 1.807) is 6.07 Å². The third-order valence-corrected chi connectivity index (χ3v) is 7.14. The lowest BCUT2D eigenvalue weighted by molar-refractivity contribution is -0.137. The first-order chi connectivity index (χ1) is 16.0. The van der Waals surface area contributed by atoms with Gasteiger partial charge in [-0.15, -0.1) is 0 Å². The molecule has 0 spiro atoms. The highest BCUT2D eigenvalue weighted by atomic mass is 19.4. The molecule has 6 rings (SSSR count). The summed E-state index contributed by atoms with van der Waals surface area (Å²) < 4.78 is 40.6. The Morgan fingerprint density at radius 2 is 1.33 bits per heavy atom. The quantitative estimate of drug-likeness (QED) is 0.411. The molecule has 0 unspecified atom stereocenters. The lowest BCUT2D eigenvalue weighted by atomic mass is 9.71. The number of piperidine rings is 3. The van der Waals surface area contributed by atoms with Gasteiger partial charge in [0, 0.05) is 23.7 Å². The van der Waals surface area contributed by atoms with Crippen LogP contribution >= 0.6 is 0 Å². The Hall–Kier alpha value is -2.92. The van der Waals surface area contributed by atoms with E-state index in [0.717, 1.165) is 32.0 Å². The van der Waals surface area contributed by atoms with E-state index in [4.69, 9.17) is 4.99 Å². The maximum Gasteiger partial charge on any atom is 0.417 e. The van der Waals surface area contributed by atoms with Gasteiger partial charge in [0.15, 0.2) is 0 Å². The van der Waals surface area contributed by atoms with Crippen LogP contribution in [0.2, 0.25) is 0 Å². The Labute approximate surface area is 192 Å². The number of rotatable bonds is 5. The van der Waals surface area contributed by atoms with Crippen molar-refractivity contribution in [3.05, 3.63) is 107 Å². The Morgan fingerprint density at radius 3 is 1.91 bits per heavy atom. The molecule has 0 aliphatic carbocycles. The molecule has 0 aromatic heterocycles. The van der Waals surface area contributed by atoms with Crippen molar-refractivity contribution in [3.8, 4) is 0 Å². The van der Waals surface area contributed by atoms with Crippen LogP contribution < -0.4 is 0 Å². The fourth-order valence-corrected chi connectivity index (χ4v) is 5.61. The molecule has 2 nitrogen and oxygen atoms in total. The third kappa shape index (κ3) is 4.47. The van der Waals surface area contributed by atoms with Gasteiger partial charge in [-0.2, -0.15) is 13.2 Å². The summed E-state index contributed by atoms with van der Waals surface area (Å²) in [6.45, 7) is 2.02. The number of aliphatic imine (C=N–C) groups is 1. The Balaban J connectivity index is 1.56. The zero-order chi connectivity index (χ0) is 22.8. The molecule has 0 radical (unpaired) electrons. The molecule has 33 heavy (non-hydrogen) atoms. The van der Waals surface area contributed by atoms with Crippen LogP contribution in [0.5, 0.6) is 0 Å². The zero-order valence-corrected chi connectivity index (χ0v) is 18.3. The third-order valence-electron chi connectivity index (χ3n) is 7.14. The van der Waals surface area contributed by atoms with E-state index in [2.05, 4.69) is 53.4 Å². The lowest BCUT2D eigenvalue weighted by Gasteiger charge is -2.52. The van der Waals surface area contributed by atoms with E-state index in [0.29, 0.717) is 5.92 Å². The van der Waals surface area contributed by atoms with Crippen molar-refractivity contribution in [2.75, 3.05) is 13.1 Å². The highest BCUT2D eigenvalue weighted by Crippen LogP contribution is 2.43. The minimum Gasteiger partial charge on any atom is -0.297 e. The van der Waals surface area contributed by atoms with Gasteiger partial charge in [-0.3, -0.25) is 9.89 Å². The van der Waals surface area contributed by atoms with E-state index < -0.39 is 11.7 Å². The molecule has 3 fully saturated rings. The van der Waals surface area contributed by atoms with Gasteiger partial charge in [-0.1, -0.05) is 78.9 Å². The molecule has 2 atom stereocenters. The first-order valence-corrected chi connectivity index (χ1v) is 11.6. The number of hydrogen-bond acceptors (Lipinski definition) is 2. The Bertz CT molecular complexity index is 1050. The second-order valence-electron chi connectivity index (χ2n) is 9.02. The molecule has 3 aliphatic rings. The number of benzene rings is 3. The van der Waals surface area contributed by atoms with Gasteiger partial charge in [0.1, 0.15) is 0 Å². The fraction of sp³-hybridized carbons (Fsp3) is 0.321. The number of alkyl halides is 3. The van der Waals surface area contributed by atoms with Crippen LogP contribution in [-0.4, -0.2) is 36.3 Å². The maximum atomic E-state index is 13.5. The molecule has 0 saturated carbocycles. The molecule has 3 aliphatic heterocycles. The predicted octanol–water partition coefficient (Wildman–Crippen LogP) is 6.42. The summed E-state index contributed by atoms with van der Waals surface area (Å²) in [5.41, 5.74) is 1.94. The summed E-state index contributed by atoms with van der Waals surface area (Å²) >= 11 is 0. The van der Waals surface area contributed by atoms with Crippen molar-refractivity contribution in [2.45, 2.75) is 37.0 Å². The summed E-state index contributed by atoms with van der Waals surface area (Å²) in [6.07, 6.45) is -0.853. The normalized spacial score (nSPS) is 25.1. The van der Waals surface area contributed by atoms with Crippen LogP contribution in [0.15, 0.2) is 89.9 Å². The molecule has 2 bridgehead atoms. The second kappa shape index (κ2) is 9.14. The topological polar surface area (TPSA) is 15.6 Å².